The first-order valence-electron chi connectivity index (χ1n) is 27.9. The van der Waals surface area contributed by atoms with Crippen LogP contribution < -0.4 is 5.32 Å². The highest BCUT2D eigenvalue weighted by Gasteiger charge is 2.53. The third-order valence-electron chi connectivity index (χ3n) is 14.3. The average Bonchev–Trinajstić information content (AvgIpc) is 3.37. The average molecular weight is 1040 g/mol. The van der Waals surface area contributed by atoms with Gasteiger partial charge in [-0.25, -0.2) is 0 Å². The minimum atomic E-state index is -1.97. The van der Waals surface area contributed by atoms with E-state index in [1.54, 1.807) is 0 Å². The van der Waals surface area contributed by atoms with Crippen LogP contribution in [0.3, 0.4) is 0 Å². The van der Waals surface area contributed by atoms with Gasteiger partial charge in [-0.15, -0.1) is 0 Å². The van der Waals surface area contributed by atoms with Crippen molar-refractivity contribution in [3.63, 3.8) is 0 Å². The Morgan fingerprint density at radius 2 is 0.875 bits per heavy atom. The Hall–Kier alpha value is -1.47. The summed E-state index contributed by atoms with van der Waals surface area (Å²) >= 11 is 0. The molecule has 3 aliphatic rings. The van der Waals surface area contributed by atoms with Crippen LogP contribution in [-0.4, -0.2) is 193 Å². The quantitative estimate of drug-likeness (QED) is 0.0309. The largest absolute Gasteiger partial charge is 0.394 e. The van der Waals surface area contributed by atoms with Crippen LogP contribution in [0.1, 0.15) is 187 Å². The smallest absolute Gasteiger partial charge is 0.220 e. The van der Waals surface area contributed by atoms with Gasteiger partial charge < -0.3 is 89.9 Å². The van der Waals surface area contributed by atoms with Gasteiger partial charge in [-0.3, -0.25) is 4.79 Å². The number of unbranched alkanes of at least 4 members (excludes halogenated alkanes) is 22. The molecule has 0 spiro atoms. The number of ether oxygens (including phenoxy) is 6. The maximum atomic E-state index is 13.3. The summed E-state index contributed by atoms with van der Waals surface area (Å²) in [6.07, 6.45) is 7.35. The van der Waals surface area contributed by atoms with E-state index in [9.17, 15) is 61.0 Å². The second-order valence-electron chi connectivity index (χ2n) is 20.4. The standard InChI is InChI=1S/C53H99NO18/c1-3-5-7-9-11-13-15-17-18-19-20-22-24-26-28-30-37(58)36(54-41(59)31-29-27-25-23-21-16-14-12-10-8-6-4-2)35-67-51-47(65)44(62)49(39(33-56)69-51)72-53-48(66)45(63)50(40(34-57)70-53)71-52-46(64)43(61)42(60)38(32-55)68-52/h12,14,36-40,42-53,55-58,60-66H,3-11,13,15-35H2,1-2H3,(H,54,59)/b14-12-. The second kappa shape index (κ2) is 38.1. The molecule has 17 unspecified atom stereocenters. The van der Waals surface area contributed by atoms with Gasteiger partial charge in [0.15, 0.2) is 18.9 Å². The molecule has 0 bridgehead atoms. The molecule has 0 aromatic heterocycles. The van der Waals surface area contributed by atoms with Crippen LogP contribution in [0.15, 0.2) is 12.2 Å². The molecule has 3 rings (SSSR count). The molecule has 0 radical (unpaired) electrons. The van der Waals surface area contributed by atoms with Gasteiger partial charge in [-0.05, 0) is 38.5 Å². The molecular weight excluding hydrogens is 939 g/mol. The van der Waals surface area contributed by atoms with Crippen molar-refractivity contribution in [3.8, 4) is 0 Å². The molecule has 19 nitrogen and oxygen atoms in total. The van der Waals surface area contributed by atoms with Gasteiger partial charge in [0.2, 0.25) is 5.91 Å². The summed E-state index contributed by atoms with van der Waals surface area (Å²) in [5, 5.41) is 120. The third kappa shape index (κ3) is 23.0. The minimum absolute atomic E-state index is 0.253. The zero-order chi connectivity index (χ0) is 52.7. The summed E-state index contributed by atoms with van der Waals surface area (Å²) in [6.45, 7) is 1.74. The number of allylic oxidation sites excluding steroid dienone is 2. The van der Waals surface area contributed by atoms with Crippen molar-refractivity contribution in [1.29, 1.82) is 0 Å². The number of aliphatic hydroxyl groups excluding tert-OH is 11. The van der Waals surface area contributed by atoms with Crippen molar-refractivity contribution < 1.29 is 89.4 Å². The Kier molecular flexibility index (Phi) is 34.3. The molecule has 0 aromatic rings. The Balaban J connectivity index is 1.53. The Labute approximate surface area is 429 Å². The van der Waals surface area contributed by atoms with Gasteiger partial charge in [0, 0.05) is 6.42 Å². The first-order chi connectivity index (χ1) is 34.8. The molecule has 0 aliphatic carbocycles. The summed E-state index contributed by atoms with van der Waals surface area (Å²) in [6, 6.07) is -0.886. The van der Waals surface area contributed by atoms with E-state index >= 15 is 0 Å². The van der Waals surface area contributed by atoms with Crippen molar-refractivity contribution in [2.75, 3.05) is 26.4 Å². The number of amides is 1. The number of hydrogen-bond acceptors (Lipinski definition) is 18. The first-order valence-corrected chi connectivity index (χ1v) is 27.9. The predicted molar refractivity (Wildman–Crippen MR) is 268 cm³/mol. The van der Waals surface area contributed by atoms with Gasteiger partial charge in [0.05, 0.1) is 38.6 Å². The van der Waals surface area contributed by atoms with Crippen LogP contribution in [0.4, 0.5) is 0 Å². The lowest BCUT2D eigenvalue weighted by Crippen LogP contribution is -2.66. The first kappa shape index (κ1) is 64.8. The maximum Gasteiger partial charge on any atom is 0.220 e. The highest BCUT2D eigenvalue weighted by Crippen LogP contribution is 2.33. The van der Waals surface area contributed by atoms with Crippen LogP contribution in [0, 0.1) is 0 Å². The fraction of sp³-hybridized carbons (Fsp3) is 0.943. The molecule has 0 aromatic carbocycles. The van der Waals surface area contributed by atoms with Crippen LogP contribution in [0.2, 0.25) is 0 Å². The normalized spacial score (nSPS) is 32.0. The van der Waals surface area contributed by atoms with E-state index in [-0.39, 0.29) is 18.9 Å². The van der Waals surface area contributed by atoms with Crippen molar-refractivity contribution in [3.05, 3.63) is 12.2 Å². The number of aliphatic hydroxyl groups is 11. The molecule has 3 aliphatic heterocycles. The number of carbonyl (C=O) groups excluding carboxylic acids is 1. The fourth-order valence-corrected chi connectivity index (χ4v) is 9.66. The van der Waals surface area contributed by atoms with Gasteiger partial charge >= 0.3 is 0 Å². The summed E-state index contributed by atoms with van der Waals surface area (Å²) in [5.74, 6) is -0.253. The molecule has 3 heterocycles. The van der Waals surface area contributed by atoms with E-state index in [1.807, 2.05) is 0 Å². The van der Waals surface area contributed by atoms with Crippen molar-refractivity contribution in [1.82, 2.24) is 5.32 Å². The molecule has 0 saturated carbocycles. The molecule has 17 atom stereocenters. The number of nitrogens with one attached hydrogen (secondary N) is 1. The Morgan fingerprint density at radius 1 is 0.486 bits per heavy atom. The molecular formula is C53H99NO18. The van der Waals surface area contributed by atoms with E-state index in [0.717, 1.165) is 64.2 Å². The van der Waals surface area contributed by atoms with Crippen LogP contribution >= 0.6 is 0 Å². The third-order valence-corrected chi connectivity index (χ3v) is 14.3. The Morgan fingerprint density at radius 3 is 1.38 bits per heavy atom. The van der Waals surface area contributed by atoms with Gasteiger partial charge in [0.25, 0.3) is 0 Å². The van der Waals surface area contributed by atoms with Gasteiger partial charge in [0.1, 0.15) is 73.2 Å². The molecule has 424 valence electrons. The van der Waals surface area contributed by atoms with E-state index in [0.29, 0.717) is 12.8 Å². The van der Waals surface area contributed by atoms with Crippen molar-refractivity contribution in [2.24, 2.45) is 0 Å². The molecule has 3 fully saturated rings. The van der Waals surface area contributed by atoms with E-state index in [4.69, 9.17) is 28.4 Å². The maximum absolute atomic E-state index is 13.3. The predicted octanol–water partition coefficient (Wildman–Crippen LogP) is 3.43. The SMILES string of the molecule is CCCCC/C=C\CCCCCCCC(=O)NC(COC1OC(CO)C(OC2OC(CO)C(OC3OC(CO)C(O)C(O)C3O)C(O)C2O)C(O)C1O)C(O)CCCCCCCCCCCCCCCCC. The molecule has 19 heteroatoms. The number of carbonyl (C=O) groups is 1. The molecule has 3 saturated heterocycles. The molecule has 12 N–H and O–H groups in total. The molecule has 72 heavy (non-hydrogen) atoms. The van der Waals surface area contributed by atoms with Crippen LogP contribution in [0.25, 0.3) is 0 Å². The number of rotatable bonds is 40. The monoisotopic (exact) mass is 1040 g/mol. The summed E-state index contributed by atoms with van der Waals surface area (Å²) < 4.78 is 34.2. The topological polar surface area (TPSA) is 307 Å². The summed E-state index contributed by atoms with van der Waals surface area (Å²) in [7, 11) is 0. The van der Waals surface area contributed by atoms with Crippen molar-refractivity contribution in [2.45, 2.75) is 291 Å². The Bertz CT molecular complexity index is 1380. The fourth-order valence-electron chi connectivity index (χ4n) is 9.66. The zero-order valence-electron chi connectivity index (χ0n) is 43.7. The second-order valence-corrected chi connectivity index (χ2v) is 20.4. The van der Waals surface area contributed by atoms with E-state index in [1.165, 1.54) is 89.9 Å². The van der Waals surface area contributed by atoms with Crippen LogP contribution in [0.5, 0.6) is 0 Å². The lowest BCUT2D eigenvalue weighted by atomic mass is 9.96. The summed E-state index contributed by atoms with van der Waals surface area (Å²) in [4.78, 5) is 13.3. The summed E-state index contributed by atoms with van der Waals surface area (Å²) in [5.41, 5.74) is 0. The lowest BCUT2D eigenvalue weighted by Gasteiger charge is -2.48. The van der Waals surface area contributed by atoms with Gasteiger partial charge in [-0.2, -0.15) is 0 Å². The van der Waals surface area contributed by atoms with Crippen molar-refractivity contribution >= 4 is 5.91 Å². The zero-order valence-corrected chi connectivity index (χ0v) is 43.7. The lowest BCUT2D eigenvalue weighted by molar-refractivity contribution is -0.379. The van der Waals surface area contributed by atoms with E-state index in [2.05, 4.69) is 31.3 Å². The minimum Gasteiger partial charge on any atom is -0.394 e. The highest BCUT2D eigenvalue weighted by atomic mass is 16.8. The van der Waals surface area contributed by atoms with Gasteiger partial charge in [-0.1, -0.05) is 154 Å². The van der Waals surface area contributed by atoms with Crippen LogP contribution in [-0.2, 0) is 33.2 Å². The molecule has 1 amide bonds. The highest BCUT2D eigenvalue weighted by molar-refractivity contribution is 5.76. The number of hydrogen-bond donors (Lipinski definition) is 12. The van der Waals surface area contributed by atoms with E-state index < -0.39 is 124 Å².